The number of carbonyl (C=O) groups excluding carboxylic acids is 1. The van der Waals surface area contributed by atoms with Crippen LogP contribution in [0.4, 0.5) is 18.9 Å². The van der Waals surface area contributed by atoms with E-state index in [4.69, 9.17) is 9.47 Å². The maximum Gasteiger partial charge on any atom is 0.416 e. The highest BCUT2D eigenvalue weighted by Gasteiger charge is 2.31. The summed E-state index contributed by atoms with van der Waals surface area (Å²) < 4.78 is 77.6. The predicted molar refractivity (Wildman–Crippen MR) is 129 cm³/mol. The molecule has 7 nitrogen and oxygen atoms in total. The summed E-state index contributed by atoms with van der Waals surface area (Å²) in [7, 11) is -1.48. The third kappa shape index (κ3) is 6.28. The van der Waals surface area contributed by atoms with Crippen LogP contribution in [-0.4, -0.2) is 35.1 Å². The second kappa shape index (κ2) is 10.9. The van der Waals surface area contributed by atoms with Gasteiger partial charge in [-0.3, -0.25) is 9.10 Å². The van der Waals surface area contributed by atoms with Gasteiger partial charge < -0.3 is 14.8 Å². The second-order valence-electron chi connectivity index (χ2n) is 7.84. The minimum absolute atomic E-state index is 0.0522. The lowest BCUT2D eigenvalue weighted by Gasteiger charge is -2.26. The molecule has 0 bridgehead atoms. The minimum atomic E-state index is -4.53. The van der Waals surface area contributed by atoms with E-state index < -0.39 is 34.2 Å². The average Bonchev–Trinajstić information content (AvgIpc) is 2.85. The molecule has 0 aromatic heterocycles. The SMILES string of the molecule is COc1ccc(OC)c(N(CC(=O)NCc2cccc(C(F)(F)F)c2)S(=O)(=O)c2ccc(C)cc2)c1. The van der Waals surface area contributed by atoms with E-state index >= 15 is 0 Å². The highest BCUT2D eigenvalue weighted by molar-refractivity contribution is 7.92. The number of amides is 1. The van der Waals surface area contributed by atoms with Crippen molar-refractivity contribution in [2.45, 2.75) is 24.5 Å². The van der Waals surface area contributed by atoms with Crippen LogP contribution < -0.4 is 19.1 Å². The van der Waals surface area contributed by atoms with Crippen molar-refractivity contribution >= 4 is 21.6 Å². The van der Waals surface area contributed by atoms with Crippen LogP contribution in [0.1, 0.15) is 16.7 Å². The highest BCUT2D eigenvalue weighted by Crippen LogP contribution is 2.35. The largest absolute Gasteiger partial charge is 0.497 e. The van der Waals surface area contributed by atoms with Gasteiger partial charge in [-0.15, -0.1) is 0 Å². The molecule has 0 saturated heterocycles. The van der Waals surface area contributed by atoms with Crippen LogP contribution >= 0.6 is 0 Å². The van der Waals surface area contributed by atoms with Crippen LogP contribution in [0, 0.1) is 6.92 Å². The van der Waals surface area contributed by atoms with Gasteiger partial charge in [0, 0.05) is 12.6 Å². The number of anilines is 1. The van der Waals surface area contributed by atoms with Gasteiger partial charge in [0.05, 0.1) is 30.4 Å². The minimum Gasteiger partial charge on any atom is -0.497 e. The van der Waals surface area contributed by atoms with Crippen molar-refractivity contribution in [3.8, 4) is 11.5 Å². The van der Waals surface area contributed by atoms with Crippen LogP contribution in [0.5, 0.6) is 11.5 Å². The number of rotatable bonds is 9. The third-order valence-corrected chi connectivity index (χ3v) is 7.07. The maximum absolute atomic E-state index is 13.6. The summed E-state index contributed by atoms with van der Waals surface area (Å²) >= 11 is 0. The van der Waals surface area contributed by atoms with Gasteiger partial charge in [0.15, 0.2) is 0 Å². The Balaban J connectivity index is 1.93. The first-order valence-corrected chi connectivity index (χ1v) is 12.1. The smallest absolute Gasteiger partial charge is 0.416 e. The molecular formula is C25H25F3N2O5S. The summed E-state index contributed by atoms with van der Waals surface area (Å²) in [4.78, 5) is 12.8. The molecule has 0 radical (unpaired) electrons. The molecule has 36 heavy (non-hydrogen) atoms. The number of sulfonamides is 1. The number of carbonyl (C=O) groups is 1. The molecule has 0 atom stereocenters. The van der Waals surface area contributed by atoms with Gasteiger partial charge >= 0.3 is 6.18 Å². The summed E-state index contributed by atoms with van der Waals surface area (Å²) in [6.07, 6.45) is -4.53. The summed E-state index contributed by atoms with van der Waals surface area (Å²) in [5.74, 6) is -0.218. The third-order valence-electron chi connectivity index (χ3n) is 5.29. The summed E-state index contributed by atoms with van der Waals surface area (Å²) in [6.45, 7) is 0.926. The number of benzene rings is 3. The molecule has 0 fully saturated rings. The molecule has 1 N–H and O–H groups in total. The van der Waals surface area contributed by atoms with E-state index in [1.165, 1.54) is 50.6 Å². The Hall–Kier alpha value is -3.73. The summed E-state index contributed by atoms with van der Waals surface area (Å²) in [5.41, 5.74) is 0.272. The lowest BCUT2D eigenvalue weighted by Crippen LogP contribution is -2.41. The molecule has 11 heteroatoms. The van der Waals surface area contributed by atoms with Crippen LogP contribution in [0.15, 0.2) is 71.6 Å². The highest BCUT2D eigenvalue weighted by atomic mass is 32.2. The maximum atomic E-state index is 13.6. The van der Waals surface area contributed by atoms with Crippen molar-refractivity contribution in [2.75, 3.05) is 25.1 Å². The zero-order valence-corrected chi connectivity index (χ0v) is 20.6. The number of halogens is 3. The molecule has 1 amide bonds. The van der Waals surface area contributed by atoms with Gasteiger partial charge in [-0.1, -0.05) is 29.8 Å². The fraction of sp³-hybridized carbons (Fsp3) is 0.240. The van der Waals surface area contributed by atoms with Crippen molar-refractivity contribution in [3.63, 3.8) is 0 Å². The Bertz CT molecular complexity index is 1330. The standard InChI is InChI=1S/C25H25F3N2O5S/c1-17-7-10-21(11-8-17)36(32,33)30(22-14-20(34-2)9-12-23(22)35-3)16-24(31)29-15-18-5-4-6-19(13-18)25(26,27)28/h4-14H,15-16H2,1-3H3,(H,29,31). The molecule has 3 rings (SSSR count). The van der Waals surface area contributed by atoms with E-state index in [2.05, 4.69) is 5.32 Å². The Morgan fingerprint density at radius 3 is 2.28 bits per heavy atom. The van der Waals surface area contributed by atoms with Crippen LogP contribution in [0.2, 0.25) is 0 Å². The molecule has 0 unspecified atom stereocenters. The van der Waals surface area contributed by atoms with E-state index in [0.717, 1.165) is 22.0 Å². The van der Waals surface area contributed by atoms with Gasteiger partial charge in [-0.25, -0.2) is 8.42 Å². The first-order chi connectivity index (χ1) is 17.0. The molecule has 192 valence electrons. The van der Waals surface area contributed by atoms with Crippen LogP contribution in [0.3, 0.4) is 0 Å². The Labute approximate surface area is 207 Å². The normalized spacial score (nSPS) is 11.6. The zero-order valence-electron chi connectivity index (χ0n) is 19.8. The lowest BCUT2D eigenvalue weighted by molar-refractivity contribution is -0.137. The monoisotopic (exact) mass is 522 g/mol. The number of hydrogen-bond donors (Lipinski definition) is 1. The Morgan fingerprint density at radius 2 is 1.67 bits per heavy atom. The quantitative estimate of drug-likeness (QED) is 0.446. The number of ether oxygens (including phenoxy) is 2. The topological polar surface area (TPSA) is 84.9 Å². The van der Waals surface area contributed by atoms with Gasteiger partial charge in [0.25, 0.3) is 10.0 Å². The first-order valence-electron chi connectivity index (χ1n) is 10.7. The molecule has 3 aromatic carbocycles. The Morgan fingerprint density at radius 1 is 0.972 bits per heavy atom. The van der Waals surface area contributed by atoms with Gasteiger partial charge in [0.1, 0.15) is 18.0 Å². The van der Waals surface area contributed by atoms with E-state index in [-0.39, 0.29) is 28.4 Å². The predicted octanol–water partition coefficient (Wildman–Crippen LogP) is 4.54. The first kappa shape index (κ1) is 26.9. The van der Waals surface area contributed by atoms with Gasteiger partial charge in [-0.2, -0.15) is 13.2 Å². The Kier molecular flexibility index (Phi) is 8.13. The molecule has 0 aliphatic heterocycles. The average molecular weight is 523 g/mol. The molecule has 0 aliphatic carbocycles. The second-order valence-corrected chi connectivity index (χ2v) is 9.70. The van der Waals surface area contributed by atoms with Crippen molar-refractivity contribution < 1.29 is 35.9 Å². The van der Waals surface area contributed by atoms with Crippen LogP contribution in [0.25, 0.3) is 0 Å². The fourth-order valence-corrected chi connectivity index (χ4v) is 4.80. The zero-order chi connectivity index (χ0) is 26.5. The van der Waals surface area contributed by atoms with Gasteiger partial charge in [-0.05, 0) is 48.9 Å². The van der Waals surface area contributed by atoms with Crippen molar-refractivity contribution in [2.24, 2.45) is 0 Å². The number of nitrogens with zero attached hydrogens (tertiary/aromatic N) is 1. The molecule has 0 heterocycles. The fourth-order valence-electron chi connectivity index (χ4n) is 3.37. The number of nitrogens with one attached hydrogen (secondary N) is 1. The molecule has 0 aliphatic rings. The molecular weight excluding hydrogens is 497 g/mol. The number of aryl methyl sites for hydroxylation is 1. The van der Waals surface area contributed by atoms with E-state index in [0.29, 0.717) is 5.75 Å². The van der Waals surface area contributed by atoms with Crippen molar-refractivity contribution in [1.29, 1.82) is 0 Å². The molecule has 3 aromatic rings. The summed E-state index contributed by atoms with van der Waals surface area (Å²) in [5, 5.41) is 2.49. The number of alkyl halides is 3. The van der Waals surface area contributed by atoms with Crippen molar-refractivity contribution in [3.05, 3.63) is 83.4 Å². The number of methoxy groups -OCH3 is 2. The van der Waals surface area contributed by atoms with Gasteiger partial charge in [0.2, 0.25) is 5.91 Å². The molecule has 0 saturated carbocycles. The van der Waals surface area contributed by atoms with E-state index in [1.54, 1.807) is 25.1 Å². The lowest BCUT2D eigenvalue weighted by atomic mass is 10.1. The van der Waals surface area contributed by atoms with Crippen LogP contribution in [-0.2, 0) is 27.5 Å². The van der Waals surface area contributed by atoms with Crippen molar-refractivity contribution in [1.82, 2.24) is 5.32 Å². The van der Waals surface area contributed by atoms with E-state index in [9.17, 15) is 26.4 Å². The van der Waals surface area contributed by atoms with E-state index in [1.807, 2.05) is 0 Å². The summed E-state index contributed by atoms with van der Waals surface area (Å²) in [6, 6.07) is 15.1. The molecule has 0 spiro atoms. The number of hydrogen-bond acceptors (Lipinski definition) is 5.